The third-order valence-corrected chi connectivity index (χ3v) is 1.48. The van der Waals surface area contributed by atoms with Crippen LogP contribution in [0.2, 0.25) is 0 Å². The first kappa shape index (κ1) is 13.5. The van der Waals surface area contributed by atoms with Crippen LogP contribution in [0.25, 0.3) is 0 Å². The Kier molecular flexibility index (Phi) is 6.17. The van der Waals surface area contributed by atoms with Crippen LogP contribution in [-0.2, 0) is 14.3 Å². The molecule has 0 heterocycles. The molecule has 5 heteroatoms. The van der Waals surface area contributed by atoms with Gasteiger partial charge in [-0.05, 0) is 33.3 Å². The zero-order chi connectivity index (χ0) is 11.8. The van der Waals surface area contributed by atoms with E-state index in [-0.39, 0.29) is 18.9 Å². The molecule has 0 aliphatic carbocycles. The summed E-state index contributed by atoms with van der Waals surface area (Å²) >= 11 is 0. The second kappa shape index (κ2) is 6.86. The van der Waals surface area contributed by atoms with Crippen LogP contribution in [0.3, 0.4) is 0 Å². The fourth-order valence-electron chi connectivity index (χ4n) is 0.853. The predicted octanol–water partition coefficient (Wildman–Crippen LogP) is 1.59. The fourth-order valence-corrected chi connectivity index (χ4v) is 0.853. The number of amides is 1. The van der Waals surface area contributed by atoms with E-state index >= 15 is 0 Å². The van der Waals surface area contributed by atoms with Crippen molar-refractivity contribution in [3.8, 4) is 0 Å². The van der Waals surface area contributed by atoms with Gasteiger partial charge in [0.25, 0.3) is 0 Å². The fraction of sp³-hybridized carbons (Fsp3) is 0.600. The van der Waals surface area contributed by atoms with Crippen molar-refractivity contribution in [2.75, 3.05) is 13.2 Å². The number of carbonyl (C=O) groups excluding carboxylic acids is 2. The van der Waals surface area contributed by atoms with Gasteiger partial charge in [0.05, 0.1) is 13.2 Å². The second-order valence-electron chi connectivity index (χ2n) is 2.94. The summed E-state index contributed by atoms with van der Waals surface area (Å²) in [5, 5.41) is 2.35. The Labute approximate surface area is 89.4 Å². The lowest BCUT2D eigenvalue weighted by Crippen LogP contribution is -2.30. The standard InChI is InChI=1S/C10H17NO4/c1-5-14-9(12)8(7(3)4)11-10(13)15-6-2/h5-6H2,1-4H3,(H,11,13). The van der Waals surface area contributed by atoms with E-state index in [1.807, 2.05) is 0 Å². The zero-order valence-corrected chi connectivity index (χ0v) is 9.55. The zero-order valence-electron chi connectivity index (χ0n) is 9.55. The van der Waals surface area contributed by atoms with Gasteiger partial charge in [0.2, 0.25) is 0 Å². The third-order valence-electron chi connectivity index (χ3n) is 1.48. The van der Waals surface area contributed by atoms with Crippen molar-refractivity contribution in [2.24, 2.45) is 0 Å². The molecular formula is C10H17NO4. The molecule has 0 atom stereocenters. The van der Waals surface area contributed by atoms with Gasteiger partial charge in [-0.2, -0.15) is 0 Å². The molecule has 0 unspecified atom stereocenters. The van der Waals surface area contributed by atoms with E-state index in [0.717, 1.165) is 0 Å². The Bertz CT molecular complexity index is 267. The van der Waals surface area contributed by atoms with Crippen molar-refractivity contribution in [1.29, 1.82) is 0 Å². The van der Waals surface area contributed by atoms with Crippen LogP contribution < -0.4 is 5.32 Å². The molecular weight excluding hydrogens is 198 g/mol. The molecule has 0 rings (SSSR count). The maximum absolute atomic E-state index is 11.4. The summed E-state index contributed by atoms with van der Waals surface area (Å²) < 4.78 is 9.44. The number of esters is 1. The summed E-state index contributed by atoms with van der Waals surface area (Å²) in [6.45, 7) is 7.32. The Morgan fingerprint density at radius 3 is 2.00 bits per heavy atom. The molecule has 0 saturated heterocycles. The average molecular weight is 215 g/mol. The van der Waals surface area contributed by atoms with Gasteiger partial charge in [0.1, 0.15) is 5.70 Å². The largest absolute Gasteiger partial charge is 0.461 e. The van der Waals surface area contributed by atoms with Crippen molar-refractivity contribution in [1.82, 2.24) is 5.32 Å². The van der Waals surface area contributed by atoms with Crippen molar-refractivity contribution in [3.63, 3.8) is 0 Å². The van der Waals surface area contributed by atoms with Crippen LogP contribution in [0.4, 0.5) is 4.79 Å². The Morgan fingerprint density at radius 2 is 1.60 bits per heavy atom. The minimum absolute atomic E-state index is 0.135. The molecule has 0 fully saturated rings. The van der Waals surface area contributed by atoms with Gasteiger partial charge in [-0.1, -0.05) is 0 Å². The molecule has 0 saturated carbocycles. The maximum Gasteiger partial charge on any atom is 0.411 e. The minimum Gasteiger partial charge on any atom is -0.461 e. The number of rotatable bonds is 4. The van der Waals surface area contributed by atoms with E-state index in [4.69, 9.17) is 4.74 Å². The summed E-state index contributed by atoms with van der Waals surface area (Å²) in [6.07, 6.45) is -0.651. The van der Waals surface area contributed by atoms with Gasteiger partial charge >= 0.3 is 12.1 Å². The molecule has 0 aromatic carbocycles. The number of alkyl carbamates (subject to hydrolysis) is 1. The van der Waals surface area contributed by atoms with Crippen LogP contribution in [0.1, 0.15) is 27.7 Å². The highest BCUT2D eigenvalue weighted by molar-refractivity contribution is 5.92. The topological polar surface area (TPSA) is 64.6 Å². The lowest BCUT2D eigenvalue weighted by molar-refractivity contribution is -0.139. The molecule has 0 aliphatic heterocycles. The van der Waals surface area contributed by atoms with Crippen molar-refractivity contribution < 1.29 is 19.1 Å². The third kappa shape index (κ3) is 5.05. The van der Waals surface area contributed by atoms with Crippen molar-refractivity contribution >= 4 is 12.1 Å². The van der Waals surface area contributed by atoms with Crippen LogP contribution in [0, 0.1) is 0 Å². The average Bonchev–Trinajstić information content (AvgIpc) is 2.14. The number of hydrogen-bond acceptors (Lipinski definition) is 4. The molecule has 0 aromatic heterocycles. The van der Waals surface area contributed by atoms with Crippen LogP contribution >= 0.6 is 0 Å². The van der Waals surface area contributed by atoms with E-state index in [0.29, 0.717) is 5.57 Å². The first-order chi connectivity index (χ1) is 7.02. The van der Waals surface area contributed by atoms with E-state index in [2.05, 4.69) is 10.1 Å². The quantitative estimate of drug-likeness (QED) is 0.571. The molecule has 1 N–H and O–H groups in total. The van der Waals surface area contributed by atoms with Crippen LogP contribution in [0.5, 0.6) is 0 Å². The predicted molar refractivity (Wildman–Crippen MR) is 55.2 cm³/mol. The Balaban J connectivity index is 4.51. The minimum atomic E-state index is -0.651. The van der Waals surface area contributed by atoms with Gasteiger partial charge in [0, 0.05) is 0 Å². The van der Waals surface area contributed by atoms with E-state index in [1.165, 1.54) is 0 Å². The summed E-state index contributed by atoms with van der Waals surface area (Å²) in [5.41, 5.74) is 0.803. The smallest absolute Gasteiger partial charge is 0.411 e. The highest BCUT2D eigenvalue weighted by Crippen LogP contribution is 2.02. The summed E-state index contributed by atoms with van der Waals surface area (Å²) in [5.74, 6) is -0.550. The van der Waals surface area contributed by atoms with Gasteiger partial charge in [0.15, 0.2) is 0 Å². The van der Waals surface area contributed by atoms with E-state index < -0.39 is 12.1 Å². The normalized spacial score (nSPS) is 9.07. The molecule has 0 bridgehead atoms. The molecule has 0 spiro atoms. The van der Waals surface area contributed by atoms with E-state index in [1.54, 1.807) is 27.7 Å². The number of carbonyl (C=O) groups is 2. The SMILES string of the molecule is CCOC(=O)NC(C(=O)OCC)=C(C)C. The first-order valence-electron chi connectivity index (χ1n) is 4.81. The molecule has 86 valence electrons. The molecule has 0 aromatic rings. The summed E-state index contributed by atoms with van der Waals surface area (Å²) in [7, 11) is 0. The van der Waals surface area contributed by atoms with Crippen LogP contribution in [-0.4, -0.2) is 25.3 Å². The van der Waals surface area contributed by atoms with Gasteiger partial charge in [-0.15, -0.1) is 0 Å². The van der Waals surface area contributed by atoms with E-state index in [9.17, 15) is 9.59 Å². The van der Waals surface area contributed by atoms with Crippen LogP contribution in [0.15, 0.2) is 11.3 Å². The Morgan fingerprint density at radius 1 is 1.07 bits per heavy atom. The monoisotopic (exact) mass is 215 g/mol. The lowest BCUT2D eigenvalue weighted by atomic mass is 10.2. The highest BCUT2D eigenvalue weighted by atomic mass is 16.6. The second-order valence-corrected chi connectivity index (χ2v) is 2.94. The summed E-state index contributed by atoms with van der Waals surface area (Å²) in [4.78, 5) is 22.5. The van der Waals surface area contributed by atoms with Gasteiger partial charge in [-0.25, -0.2) is 9.59 Å². The van der Waals surface area contributed by atoms with Gasteiger partial charge in [-0.3, -0.25) is 5.32 Å². The molecule has 0 aliphatic rings. The van der Waals surface area contributed by atoms with Gasteiger partial charge < -0.3 is 9.47 Å². The number of ether oxygens (including phenoxy) is 2. The molecule has 0 radical (unpaired) electrons. The number of nitrogens with one attached hydrogen (secondary N) is 1. The Hall–Kier alpha value is -1.52. The summed E-state index contributed by atoms with van der Waals surface area (Å²) in [6, 6.07) is 0. The lowest BCUT2D eigenvalue weighted by Gasteiger charge is -2.10. The molecule has 5 nitrogen and oxygen atoms in total. The molecule has 15 heavy (non-hydrogen) atoms. The molecule has 1 amide bonds. The highest BCUT2D eigenvalue weighted by Gasteiger charge is 2.15. The van der Waals surface area contributed by atoms with Crippen molar-refractivity contribution in [2.45, 2.75) is 27.7 Å². The first-order valence-corrected chi connectivity index (χ1v) is 4.81. The van der Waals surface area contributed by atoms with Crippen molar-refractivity contribution in [3.05, 3.63) is 11.3 Å². The number of allylic oxidation sites excluding steroid dienone is 1. The maximum atomic E-state index is 11.4. The number of hydrogen-bond donors (Lipinski definition) is 1.